The van der Waals surface area contributed by atoms with Gasteiger partial charge in [-0.25, -0.2) is 0 Å². The van der Waals surface area contributed by atoms with Crippen LogP contribution in [-0.4, -0.2) is 23.1 Å². The second-order valence-corrected chi connectivity index (χ2v) is 6.11. The Balaban J connectivity index is 1.83. The molecule has 0 atom stereocenters. The van der Waals surface area contributed by atoms with Crippen molar-refractivity contribution in [1.82, 2.24) is 0 Å². The molecule has 4 nitrogen and oxygen atoms in total. The second-order valence-electron chi connectivity index (χ2n) is 6.11. The number of phenols is 2. The Morgan fingerprint density at radius 1 is 0.885 bits per heavy atom. The Bertz CT molecular complexity index is 899. The van der Waals surface area contributed by atoms with Gasteiger partial charge in [0.05, 0.1) is 12.7 Å². The van der Waals surface area contributed by atoms with Crippen molar-refractivity contribution >= 4 is 5.78 Å². The van der Waals surface area contributed by atoms with Crippen LogP contribution >= 0.6 is 0 Å². The number of hydrogen-bond acceptors (Lipinski definition) is 4. The highest BCUT2D eigenvalue weighted by Crippen LogP contribution is 2.30. The van der Waals surface area contributed by atoms with E-state index in [-0.39, 0.29) is 29.3 Å². The molecule has 0 heterocycles. The number of hydrogen-bond donors (Lipinski definition) is 2. The lowest BCUT2D eigenvalue weighted by Gasteiger charge is -2.10. The molecule has 0 aliphatic heterocycles. The molecule has 3 rings (SSSR count). The number of methoxy groups -OCH3 is 1. The lowest BCUT2D eigenvalue weighted by atomic mass is 9.96. The molecule has 0 aromatic heterocycles. The second kappa shape index (κ2) is 7.74. The summed E-state index contributed by atoms with van der Waals surface area (Å²) in [5, 5.41) is 20.2. The van der Waals surface area contributed by atoms with Crippen LogP contribution in [0.25, 0.3) is 0 Å². The van der Waals surface area contributed by atoms with Gasteiger partial charge in [0.1, 0.15) is 17.2 Å². The van der Waals surface area contributed by atoms with E-state index in [0.29, 0.717) is 12.0 Å². The molecule has 4 heteroatoms. The summed E-state index contributed by atoms with van der Waals surface area (Å²) in [6, 6.07) is 19.7. The van der Waals surface area contributed by atoms with Crippen LogP contribution in [0.15, 0.2) is 66.7 Å². The topological polar surface area (TPSA) is 66.8 Å². The van der Waals surface area contributed by atoms with Gasteiger partial charge in [-0.1, -0.05) is 42.5 Å². The van der Waals surface area contributed by atoms with E-state index >= 15 is 0 Å². The number of Topliss-reactive ketones (excluding diaryl/α,β-unsaturated/α-hetero) is 1. The number of ether oxygens (including phenoxy) is 1. The van der Waals surface area contributed by atoms with Crippen LogP contribution in [0.1, 0.15) is 27.0 Å². The first-order chi connectivity index (χ1) is 12.6. The summed E-state index contributed by atoms with van der Waals surface area (Å²) in [7, 11) is 1.59. The monoisotopic (exact) mass is 348 g/mol. The molecule has 3 aromatic rings. The van der Waals surface area contributed by atoms with Gasteiger partial charge < -0.3 is 14.9 Å². The minimum Gasteiger partial charge on any atom is -0.508 e. The number of carbonyl (C=O) groups excluding carboxylic acids is 1. The number of aromatic hydroxyl groups is 2. The number of benzene rings is 3. The molecule has 0 saturated carbocycles. The highest BCUT2D eigenvalue weighted by atomic mass is 16.5. The molecule has 2 N–H and O–H groups in total. The zero-order valence-corrected chi connectivity index (χ0v) is 14.5. The molecule has 0 bridgehead atoms. The van der Waals surface area contributed by atoms with Crippen molar-refractivity contribution < 1.29 is 19.7 Å². The van der Waals surface area contributed by atoms with E-state index in [0.717, 1.165) is 16.9 Å². The molecular weight excluding hydrogens is 328 g/mol. The van der Waals surface area contributed by atoms with Crippen LogP contribution < -0.4 is 4.74 Å². The maximum absolute atomic E-state index is 12.6. The first-order valence-electron chi connectivity index (χ1n) is 8.31. The first kappa shape index (κ1) is 17.5. The Hall–Kier alpha value is -3.27. The Morgan fingerprint density at radius 3 is 2.23 bits per heavy atom. The van der Waals surface area contributed by atoms with Crippen LogP contribution in [0, 0.1) is 0 Å². The summed E-state index contributed by atoms with van der Waals surface area (Å²) < 4.78 is 5.11. The number of phenolic OH excluding ortho intramolecular Hbond substituents is 2. The molecule has 0 aliphatic rings. The third-order valence-electron chi connectivity index (χ3n) is 4.26. The van der Waals surface area contributed by atoms with Crippen molar-refractivity contribution in [2.45, 2.75) is 12.8 Å². The summed E-state index contributed by atoms with van der Waals surface area (Å²) in [4.78, 5) is 12.6. The predicted octanol–water partition coefficient (Wildman–Crippen LogP) is 4.12. The fourth-order valence-corrected chi connectivity index (χ4v) is 2.83. The Labute approximate surface area is 152 Å². The van der Waals surface area contributed by atoms with Gasteiger partial charge in [0, 0.05) is 18.9 Å². The zero-order valence-electron chi connectivity index (χ0n) is 14.5. The van der Waals surface area contributed by atoms with Gasteiger partial charge >= 0.3 is 0 Å². The maximum Gasteiger partial charge on any atom is 0.170 e. The van der Waals surface area contributed by atoms with Gasteiger partial charge in [0.15, 0.2) is 5.78 Å². The lowest BCUT2D eigenvalue weighted by Crippen LogP contribution is -2.05. The lowest BCUT2D eigenvalue weighted by molar-refractivity contribution is 0.0990. The third-order valence-corrected chi connectivity index (χ3v) is 4.26. The third kappa shape index (κ3) is 4.03. The van der Waals surface area contributed by atoms with E-state index < -0.39 is 0 Å². The summed E-state index contributed by atoms with van der Waals surface area (Å²) in [6.45, 7) is 0. The van der Waals surface area contributed by atoms with Crippen molar-refractivity contribution in [1.29, 1.82) is 0 Å². The van der Waals surface area contributed by atoms with Gasteiger partial charge in [-0.2, -0.15) is 0 Å². The van der Waals surface area contributed by atoms with Crippen molar-refractivity contribution in [3.05, 3.63) is 89.0 Å². The molecular formula is C22H20O4. The van der Waals surface area contributed by atoms with E-state index in [9.17, 15) is 15.0 Å². The predicted molar refractivity (Wildman–Crippen MR) is 100 cm³/mol. The summed E-state index contributed by atoms with van der Waals surface area (Å²) in [6.07, 6.45) is 0.642. The largest absolute Gasteiger partial charge is 0.508 e. The highest BCUT2D eigenvalue weighted by molar-refractivity contribution is 6.00. The molecule has 0 saturated heterocycles. The average Bonchev–Trinajstić information content (AvgIpc) is 2.65. The summed E-state index contributed by atoms with van der Waals surface area (Å²) in [5.74, 6) is 0.283. The minimum atomic E-state index is -0.210. The number of carbonyl (C=O) groups is 1. The zero-order chi connectivity index (χ0) is 18.5. The van der Waals surface area contributed by atoms with Gasteiger partial charge in [-0.15, -0.1) is 0 Å². The van der Waals surface area contributed by atoms with E-state index in [1.54, 1.807) is 25.3 Å². The molecule has 0 radical (unpaired) electrons. The molecule has 26 heavy (non-hydrogen) atoms. The smallest absolute Gasteiger partial charge is 0.170 e. The SMILES string of the molecule is COc1ccc(CC(=O)c2cc(Cc3ccccc3)c(O)cc2O)cc1. The normalized spacial score (nSPS) is 10.5. The first-order valence-corrected chi connectivity index (χ1v) is 8.31. The van der Waals surface area contributed by atoms with Gasteiger partial charge in [0.2, 0.25) is 0 Å². The molecule has 0 aliphatic carbocycles. The number of rotatable bonds is 6. The van der Waals surface area contributed by atoms with Crippen molar-refractivity contribution in [2.75, 3.05) is 7.11 Å². The Morgan fingerprint density at radius 2 is 1.58 bits per heavy atom. The fraction of sp³-hybridized carbons (Fsp3) is 0.136. The standard InChI is InChI=1S/C22H20O4/c1-26-18-9-7-16(8-10-18)12-21(24)19-13-17(20(23)14-22(19)25)11-15-5-3-2-4-6-15/h2-10,13-14,23,25H,11-12H2,1H3. The molecule has 0 unspecified atom stereocenters. The van der Waals surface area contributed by atoms with Crippen molar-refractivity contribution in [3.8, 4) is 17.2 Å². The van der Waals surface area contributed by atoms with E-state index in [2.05, 4.69) is 0 Å². The Kier molecular flexibility index (Phi) is 5.23. The quantitative estimate of drug-likeness (QED) is 0.658. The molecule has 132 valence electrons. The van der Waals surface area contributed by atoms with Gasteiger partial charge in [-0.3, -0.25) is 4.79 Å². The maximum atomic E-state index is 12.6. The van der Waals surface area contributed by atoms with Gasteiger partial charge in [0.25, 0.3) is 0 Å². The van der Waals surface area contributed by atoms with E-state index in [1.807, 2.05) is 42.5 Å². The summed E-state index contributed by atoms with van der Waals surface area (Å²) >= 11 is 0. The van der Waals surface area contributed by atoms with E-state index in [1.165, 1.54) is 6.07 Å². The van der Waals surface area contributed by atoms with E-state index in [4.69, 9.17) is 4.74 Å². The summed E-state index contributed by atoms with van der Waals surface area (Å²) in [5.41, 5.74) is 2.66. The highest BCUT2D eigenvalue weighted by Gasteiger charge is 2.16. The molecule has 0 spiro atoms. The van der Waals surface area contributed by atoms with Crippen LogP contribution in [0.3, 0.4) is 0 Å². The molecule has 0 amide bonds. The number of ketones is 1. The van der Waals surface area contributed by atoms with Crippen LogP contribution in [0.5, 0.6) is 17.2 Å². The van der Waals surface area contributed by atoms with Crippen molar-refractivity contribution in [2.24, 2.45) is 0 Å². The van der Waals surface area contributed by atoms with Gasteiger partial charge in [-0.05, 0) is 34.9 Å². The molecule has 3 aromatic carbocycles. The minimum absolute atomic E-state index is 0.0210. The average molecular weight is 348 g/mol. The van der Waals surface area contributed by atoms with Crippen molar-refractivity contribution in [3.63, 3.8) is 0 Å². The molecule has 0 fully saturated rings. The fourth-order valence-electron chi connectivity index (χ4n) is 2.83. The van der Waals surface area contributed by atoms with Crippen LogP contribution in [0.2, 0.25) is 0 Å². The van der Waals surface area contributed by atoms with Crippen LogP contribution in [0.4, 0.5) is 0 Å². The van der Waals surface area contributed by atoms with Crippen LogP contribution in [-0.2, 0) is 12.8 Å².